The highest BCUT2D eigenvalue weighted by atomic mass is 14.9. The maximum Gasteiger partial charge on any atom is 0.0800 e. The van der Waals surface area contributed by atoms with Crippen LogP contribution in [0.5, 0.6) is 0 Å². The van der Waals surface area contributed by atoms with Gasteiger partial charge in [0.1, 0.15) is 0 Å². The monoisotopic (exact) mass is 714 g/mol. The third-order valence-corrected chi connectivity index (χ3v) is 10.9. The van der Waals surface area contributed by atoms with Gasteiger partial charge in [-0.25, -0.2) is 4.98 Å². The minimum Gasteiger partial charge on any atom is -0.374 e. The molecule has 9 aromatic rings. The Kier molecular flexibility index (Phi) is 8.62. The molecule has 8 aromatic carbocycles. The third kappa shape index (κ3) is 6.38. The average molecular weight is 715 g/mol. The van der Waals surface area contributed by atoms with Crippen LogP contribution >= 0.6 is 0 Å². The van der Waals surface area contributed by atoms with Crippen LogP contribution in [0.2, 0.25) is 0 Å². The van der Waals surface area contributed by atoms with E-state index in [1.54, 1.807) is 0 Å². The van der Waals surface area contributed by atoms with Gasteiger partial charge in [0.2, 0.25) is 0 Å². The van der Waals surface area contributed by atoms with Crippen molar-refractivity contribution in [2.45, 2.75) is 6.04 Å². The van der Waals surface area contributed by atoms with E-state index in [0.29, 0.717) is 0 Å². The Morgan fingerprint density at radius 1 is 0.411 bits per heavy atom. The Bertz CT molecular complexity index is 2880. The molecular weight excluding hydrogens is 677 g/mol. The second-order valence-corrected chi connectivity index (χ2v) is 14.4. The molecule has 0 aliphatic carbocycles. The fourth-order valence-electron chi connectivity index (χ4n) is 8.04. The van der Waals surface area contributed by atoms with Gasteiger partial charge in [-0.15, -0.1) is 0 Å². The van der Waals surface area contributed by atoms with Crippen LogP contribution in [0.1, 0.15) is 22.7 Å². The normalized spacial score (nSPS) is 13.9. The SMILES string of the molecule is C1=C(c2ccc(-c3ccc(-c4cc5ccccc5c5c(-c6ccccc6)cc(-c6ccccc6)nc45)cc3)cc2)C=C(c2ccccc2)NC1c1ccccc1. The topological polar surface area (TPSA) is 24.9 Å². The number of hydrogen-bond acceptors (Lipinski definition) is 2. The van der Waals surface area contributed by atoms with Crippen molar-refractivity contribution in [2.24, 2.45) is 0 Å². The minimum atomic E-state index is 0.0758. The molecule has 1 aliphatic heterocycles. The quantitative estimate of drug-likeness (QED) is 0.166. The van der Waals surface area contributed by atoms with Crippen molar-refractivity contribution in [3.8, 4) is 44.6 Å². The number of rotatable bonds is 7. The molecule has 1 N–H and O–H groups in total. The molecule has 0 saturated carbocycles. The lowest BCUT2D eigenvalue weighted by Gasteiger charge is -2.25. The van der Waals surface area contributed by atoms with Crippen LogP contribution in [-0.4, -0.2) is 4.98 Å². The molecule has 10 rings (SSSR count). The number of hydrogen-bond donors (Lipinski definition) is 1. The molecule has 2 heteroatoms. The molecule has 2 heterocycles. The third-order valence-electron chi connectivity index (χ3n) is 10.9. The summed E-state index contributed by atoms with van der Waals surface area (Å²) in [7, 11) is 0. The van der Waals surface area contributed by atoms with E-state index >= 15 is 0 Å². The zero-order valence-electron chi connectivity index (χ0n) is 30.8. The van der Waals surface area contributed by atoms with Gasteiger partial charge >= 0.3 is 0 Å². The predicted molar refractivity (Wildman–Crippen MR) is 236 cm³/mol. The highest BCUT2D eigenvalue weighted by molar-refractivity contribution is 6.18. The zero-order chi connectivity index (χ0) is 37.3. The summed E-state index contributed by atoms with van der Waals surface area (Å²) in [5.41, 5.74) is 16.0. The van der Waals surface area contributed by atoms with Gasteiger partial charge in [0.15, 0.2) is 0 Å². The zero-order valence-corrected chi connectivity index (χ0v) is 30.8. The highest BCUT2D eigenvalue weighted by Crippen LogP contribution is 2.42. The van der Waals surface area contributed by atoms with E-state index in [2.05, 4.69) is 224 Å². The second kappa shape index (κ2) is 14.5. The summed E-state index contributed by atoms with van der Waals surface area (Å²) in [5, 5.41) is 7.35. The van der Waals surface area contributed by atoms with Crippen molar-refractivity contribution in [3.05, 3.63) is 235 Å². The van der Waals surface area contributed by atoms with Gasteiger partial charge in [-0.05, 0) is 85.1 Å². The van der Waals surface area contributed by atoms with Crippen molar-refractivity contribution in [2.75, 3.05) is 0 Å². The average Bonchev–Trinajstić information content (AvgIpc) is 3.29. The molecule has 264 valence electrons. The number of nitrogens with one attached hydrogen (secondary N) is 1. The fourth-order valence-corrected chi connectivity index (χ4v) is 8.04. The number of nitrogens with zero attached hydrogens (tertiary/aromatic N) is 1. The highest BCUT2D eigenvalue weighted by Gasteiger charge is 2.19. The van der Waals surface area contributed by atoms with Crippen LogP contribution in [0.4, 0.5) is 0 Å². The van der Waals surface area contributed by atoms with Crippen LogP contribution < -0.4 is 5.32 Å². The fraction of sp³-hybridized carbons (Fsp3) is 0.0185. The van der Waals surface area contributed by atoms with Crippen LogP contribution in [-0.2, 0) is 0 Å². The summed E-state index contributed by atoms with van der Waals surface area (Å²) >= 11 is 0. The van der Waals surface area contributed by atoms with E-state index in [4.69, 9.17) is 4.98 Å². The van der Waals surface area contributed by atoms with Gasteiger partial charge in [-0.3, -0.25) is 0 Å². The molecule has 2 nitrogen and oxygen atoms in total. The molecule has 0 fully saturated rings. The number of aromatic nitrogens is 1. The van der Waals surface area contributed by atoms with Gasteiger partial charge in [-0.1, -0.05) is 194 Å². The standard InChI is InChI=1S/C54H38N2/c1-5-15-40(16-6-1)48-36-52(44-21-11-4-12-22-44)56-54-49(33-45-23-13-14-24-47(45)53(48)54)41-31-29-38(30-32-41)37-25-27-39(28-26-37)46-34-50(42-17-7-2-8-18-42)55-51(35-46)43-19-9-3-10-20-43/h1-36,50,55H. The summed E-state index contributed by atoms with van der Waals surface area (Å²) < 4.78 is 0. The lowest BCUT2D eigenvalue weighted by molar-refractivity contribution is 0.767. The number of benzene rings is 8. The lowest BCUT2D eigenvalue weighted by Crippen LogP contribution is -2.21. The number of fused-ring (bicyclic) bond motifs is 3. The van der Waals surface area contributed by atoms with Gasteiger partial charge in [0, 0.05) is 22.2 Å². The predicted octanol–water partition coefficient (Wildman–Crippen LogP) is 13.8. The van der Waals surface area contributed by atoms with Crippen molar-refractivity contribution in [1.29, 1.82) is 0 Å². The van der Waals surface area contributed by atoms with Crippen molar-refractivity contribution in [1.82, 2.24) is 10.3 Å². The summed E-state index contributed by atoms with van der Waals surface area (Å²) in [6.07, 6.45) is 4.60. The van der Waals surface area contributed by atoms with Crippen LogP contribution in [0.25, 0.3) is 77.6 Å². The molecule has 1 atom stereocenters. The molecule has 0 bridgehead atoms. The largest absolute Gasteiger partial charge is 0.374 e. The summed E-state index contributed by atoms with van der Waals surface area (Å²) in [4.78, 5) is 5.43. The molecule has 0 saturated heterocycles. The first-order chi connectivity index (χ1) is 27.7. The Hall–Kier alpha value is -7.29. The second-order valence-electron chi connectivity index (χ2n) is 14.4. The van der Waals surface area contributed by atoms with Gasteiger partial charge < -0.3 is 5.32 Å². The molecule has 56 heavy (non-hydrogen) atoms. The Morgan fingerprint density at radius 2 is 0.929 bits per heavy atom. The van der Waals surface area contributed by atoms with Gasteiger partial charge in [0.25, 0.3) is 0 Å². The molecule has 1 aromatic heterocycles. The first-order valence-electron chi connectivity index (χ1n) is 19.2. The van der Waals surface area contributed by atoms with E-state index in [1.807, 2.05) is 0 Å². The molecular formula is C54H38N2. The first kappa shape index (κ1) is 33.3. The smallest absolute Gasteiger partial charge is 0.0800 e. The molecule has 1 aliphatic rings. The summed E-state index contributed by atoms with van der Waals surface area (Å²) in [5.74, 6) is 0. The minimum absolute atomic E-state index is 0.0758. The summed E-state index contributed by atoms with van der Waals surface area (Å²) in [6.45, 7) is 0. The number of dihydropyridines is 1. The first-order valence-corrected chi connectivity index (χ1v) is 19.2. The van der Waals surface area contributed by atoms with E-state index in [1.165, 1.54) is 60.7 Å². The lowest BCUT2D eigenvalue weighted by atomic mass is 9.90. The van der Waals surface area contributed by atoms with Crippen LogP contribution in [0.3, 0.4) is 0 Å². The molecule has 0 amide bonds. The molecule has 0 spiro atoms. The Balaban J connectivity index is 1.04. The van der Waals surface area contributed by atoms with Crippen molar-refractivity contribution < 1.29 is 0 Å². The Morgan fingerprint density at radius 3 is 1.59 bits per heavy atom. The van der Waals surface area contributed by atoms with E-state index < -0.39 is 0 Å². The van der Waals surface area contributed by atoms with Gasteiger partial charge in [0.05, 0.1) is 17.3 Å². The van der Waals surface area contributed by atoms with Gasteiger partial charge in [-0.2, -0.15) is 0 Å². The number of allylic oxidation sites excluding steroid dienone is 2. The van der Waals surface area contributed by atoms with E-state index in [9.17, 15) is 0 Å². The maximum absolute atomic E-state index is 5.43. The van der Waals surface area contributed by atoms with Crippen molar-refractivity contribution >= 4 is 32.9 Å². The number of pyridine rings is 1. The summed E-state index contributed by atoms with van der Waals surface area (Å²) in [6, 6.07) is 73.8. The van der Waals surface area contributed by atoms with E-state index in [-0.39, 0.29) is 6.04 Å². The van der Waals surface area contributed by atoms with Crippen LogP contribution in [0, 0.1) is 0 Å². The molecule has 1 unspecified atom stereocenters. The van der Waals surface area contributed by atoms with Crippen molar-refractivity contribution in [3.63, 3.8) is 0 Å². The molecule has 0 radical (unpaired) electrons. The van der Waals surface area contributed by atoms with E-state index in [0.717, 1.165) is 33.6 Å². The maximum atomic E-state index is 5.43. The van der Waals surface area contributed by atoms with Crippen LogP contribution in [0.15, 0.2) is 218 Å². The Labute approximate surface area is 327 Å².